The van der Waals surface area contributed by atoms with Crippen molar-refractivity contribution in [1.82, 2.24) is 0 Å². The summed E-state index contributed by atoms with van der Waals surface area (Å²) in [5.74, 6) is -0.847. The van der Waals surface area contributed by atoms with Crippen molar-refractivity contribution in [2.24, 2.45) is 5.92 Å². The molecule has 0 aliphatic rings. The molecule has 116 valence electrons. The average molecular weight is 302 g/mol. The van der Waals surface area contributed by atoms with Crippen LogP contribution in [0.25, 0.3) is 0 Å². The largest absolute Gasteiger partial charge is 0.529 e. The van der Waals surface area contributed by atoms with Crippen LogP contribution in [0, 0.1) is 5.92 Å². The Bertz CT molecular complexity index is 309. The first kappa shape index (κ1) is 19.2. The van der Waals surface area contributed by atoms with Gasteiger partial charge in [-0.15, -0.1) is 0 Å². The third kappa shape index (κ3) is 6.56. The second kappa shape index (κ2) is 9.98. The Hall–Kier alpha value is -0.823. The monoisotopic (exact) mass is 302 g/mol. The van der Waals surface area contributed by atoms with Crippen molar-refractivity contribution in [3.8, 4) is 0 Å². The van der Waals surface area contributed by atoms with E-state index >= 15 is 0 Å². The minimum atomic E-state index is -2.84. The molecular weight excluding hydrogens is 276 g/mol. The molecule has 0 aromatic rings. The zero-order valence-electron chi connectivity index (χ0n) is 13.1. The SMILES string of the molecule is CCO[Si](C=CCC(C(C)=O)C(C)=O)(OCC)OCC. The zero-order valence-corrected chi connectivity index (χ0v) is 14.1. The van der Waals surface area contributed by atoms with Crippen LogP contribution in [0.2, 0.25) is 0 Å². The smallest absolute Gasteiger partial charge is 0.371 e. The van der Waals surface area contributed by atoms with E-state index in [9.17, 15) is 9.59 Å². The summed E-state index contributed by atoms with van der Waals surface area (Å²) in [6, 6.07) is 0. The van der Waals surface area contributed by atoms with Crippen molar-refractivity contribution < 1.29 is 22.9 Å². The fourth-order valence-electron chi connectivity index (χ4n) is 1.84. The first-order valence-electron chi connectivity index (χ1n) is 7.02. The summed E-state index contributed by atoms with van der Waals surface area (Å²) in [6.45, 7) is 9.94. The Kier molecular flexibility index (Phi) is 9.57. The minimum Gasteiger partial charge on any atom is -0.371 e. The highest BCUT2D eigenvalue weighted by molar-refractivity contribution is 6.66. The first-order valence-corrected chi connectivity index (χ1v) is 8.83. The molecule has 0 radical (unpaired) electrons. The number of hydrogen-bond donors (Lipinski definition) is 0. The molecule has 6 heteroatoms. The van der Waals surface area contributed by atoms with E-state index in [0.717, 1.165) is 0 Å². The second-order valence-electron chi connectivity index (χ2n) is 4.31. The summed E-state index contributed by atoms with van der Waals surface area (Å²) < 4.78 is 17.0. The van der Waals surface area contributed by atoms with Crippen molar-refractivity contribution in [3.63, 3.8) is 0 Å². The molecule has 0 fully saturated rings. The van der Waals surface area contributed by atoms with Crippen LogP contribution in [-0.4, -0.2) is 40.2 Å². The number of carbonyl (C=O) groups is 2. The van der Waals surface area contributed by atoms with Gasteiger partial charge in [-0.25, -0.2) is 0 Å². The number of allylic oxidation sites excluding steroid dienone is 1. The molecule has 0 unspecified atom stereocenters. The molecule has 20 heavy (non-hydrogen) atoms. The fourth-order valence-corrected chi connectivity index (χ4v) is 4.01. The zero-order chi connectivity index (χ0) is 15.6. The third-order valence-electron chi connectivity index (χ3n) is 2.71. The quantitative estimate of drug-likeness (QED) is 0.433. The number of carbonyl (C=O) groups excluding carboxylic acids is 2. The van der Waals surface area contributed by atoms with E-state index < -0.39 is 14.7 Å². The number of Topliss-reactive ketones (excluding diaryl/α,β-unsaturated/α-hetero) is 2. The van der Waals surface area contributed by atoms with Gasteiger partial charge in [0, 0.05) is 19.8 Å². The topological polar surface area (TPSA) is 61.8 Å². The van der Waals surface area contributed by atoms with Gasteiger partial charge in [-0.3, -0.25) is 9.59 Å². The van der Waals surface area contributed by atoms with Gasteiger partial charge < -0.3 is 13.3 Å². The lowest BCUT2D eigenvalue weighted by molar-refractivity contribution is -0.130. The van der Waals surface area contributed by atoms with E-state index in [1.807, 2.05) is 20.8 Å². The summed E-state index contributed by atoms with van der Waals surface area (Å²) in [6.07, 6.45) is 2.12. The van der Waals surface area contributed by atoms with Crippen LogP contribution in [0.1, 0.15) is 41.0 Å². The Morgan fingerprint density at radius 3 is 1.65 bits per heavy atom. The normalized spacial score (nSPS) is 12.3. The van der Waals surface area contributed by atoms with Crippen LogP contribution in [0.3, 0.4) is 0 Å². The molecular formula is C14H26O5Si. The van der Waals surface area contributed by atoms with E-state index in [-0.39, 0.29) is 11.6 Å². The fraction of sp³-hybridized carbons (Fsp3) is 0.714. The first-order chi connectivity index (χ1) is 9.42. The van der Waals surface area contributed by atoms with Gasteiger partial charge in [0.15, 0.2) is 0 Å². The predicted octanol–water partition coefficient (Wildman–Crippen LogP) is 2.31. The maximum Gasteiger partial charge on any atom is 0.529 e. The van der Waals surface area contributed by atoms with E-state index in [2.05, 4.69) is 0 Å². The van der Waals surface area contributed by atoms with Gasteiger partial charge in [0.25, 0.3) is 0 Å². The molecule has 0 aromatic heterocycles. The van der Waals surface area contributed by atoms with Gasteiger partial charge in [-0.1, -0.05) is 6.08 Å². The van der Waals surface area contributed by atoms with Crippen LogP contribution in [0.15, 0.2) is 11.8 Å². The van der Waals surface area contributed by atoms with Gasteiger partial charge in [0.05, 0.1) is 5.92 Å². The molecule has 0 heterocycles. The summed E-state index contributed by atoms with van der Waals surface area (Å²) >= 11 is 0. The molecule has 0 amide bonds. The van der Waals surface area contributed by atoms with Crippen molar-refractivity contribution >= 4 is 20.4 Å². The molecule has 0 aliphatic carbocycles. The minimum absolute atomic E-state index is 0.126. The molecule has 0 saturated heterocycles. The van der Waals surface area contributed by atoms with Gasteiger partial charge in [0.1, 0.15) is 11.6 Å². The molecule has 0 bridgehead atoms. The van der Waals surface area contributed by atoms with E-state index in [0.29, 0.717) is 26.2 Å². The average Bonchev–Trinajstić information content (AvgIpc) is 2.34. The predicted molar refractivity (Wildman–Crippen MR) is 79.2 cm³/mol. The molecule has 0 rings (SSSR count). The summed E-state index contributed by atoms with van der Waals surface area (Å²) in [5.41, 5.74) is 1.77. The van der Waals surface area contributed by atoms with E-state index in [1.165, 1.54) is 13.8 Å². The van der Waals surface area contributed by atoms with Crippen molar-refractivity contribution in [2.45, 2.75) is 41.0 Å². The van der Waals surface area contributed by atoms with Crippen LogP contribution in [0.5, 0.6) is 0 Å². The lowest BCUT2D eigenvalue weighted by atomic mass is 9.97. The van der Waals surface area contributed by atoms with Gasteiger partial charge in [0.2, 0.25) is 0 Å². The Morgan fingerprint density at radius 1 is 0.950 bits per heavy atom. The highest BCUT2D eigenvalue weighted by Crippen LogP contribution is 2.14. The maximum absolute atomic E-state index is 11.4. The maximum atomic E-state index is 11.4. The van der Waals surface area contributed by atoms with Crippen LogP contribution < -0.4 is 0 Å². The van der Waals surface area contributed by atoms with Crippen LogP contribution in [-0.2, 0) is 22.9 Å². The lowest BCUT2D eigenvalue weighted by Gasteiger charge is -2.25. The third-order valence-corrected chi connectivity index (χ3v) is 5.43. The van der Waals surface area contributed by atoms with Gasteiger partial charge >= 0.3 is 8.80 Å². The molecule has 0 atom stereocenters. The van der Waals surface area contributed by atoms with E-state index in [1.54, 1.807) is 11.8 Å². The number of rotatable bonds is 11. The van der Waals surface area contributed by atoms with Crippen molar-refractivity contribution in [2.75, 3.05) is 19.8 Å². The summed E-state index contributed by atoms with van der Waals surface area (Å²) in [5, 5.41) is 0. The number of ketones is 2. The van der Waals surface area contributed by atoms with Gasteiger partial charge in [-0.2, -0.15) is 0 Å². The molecule has 5 nitrogen and oxygen atoms in total. The van der Waals surface area contributed by atoms with Crippen molar-refractivity contribution in [1.29, 1.82) is 0 Å². The molecule has 0 aliphatic heterocycles. The Balaban J connectivity index is 4.89. The highest BCUT2D eigenvalue weighted by atomic mass is 28.4. The Morgan fingerprint density at radius 2 is 1.35 bits per heavy atom. The molecule has 0 N–H and O–H groups in total. The lowest BCUT2D eigenvalue weighted by Crippen LogP contribution is -2.44. The molecule has 0 saturated carbocycles. The van der Waals surface area contributed by atoms with Gasteiger partial charge in [-0.05, 0) is 46.7 Å². The summed E-state index contributed by atoms with van der Waals surface area (Å²) in [7, 11) is -2.84. The standard InChI is InChI=1S/C14H26O5Si/c1-6-17-20(18-7-2,19-8-3)11-9-10-14(12(4)15)13(5)16/h9,11,14H,6-8,10H2,1-5H3. The summed E-state index contributed by atoms with van der Waals surface area (Å²) in [4.78, 5) is 22.8. The highest BCUT2D eigenvalue weighted by Gasteiger charge is 2.37. The molecule has 0 spiro atoms. The van der Waals surface area contributed by atoms with Crippen molar-refractivity contribution in [3.05, 3.63) is 11.8 Å². The van der Waals surface area contributed by atoms with E-state index in [4.69, 9.17) is 13.3 Å². The van der Waals surface area contributed by atoms with Crippen LogP contribution >= 0.6 is 0 Å². The van der Waals surface area contributed by atoms with Crippen LogP contribution in [0.4, 0.5) is 0 Å². The Labute approximate surface area is 122 Å². The second-order valence-corrected chi connectivity index (χ2v) is 6.72. The molecule has 0 aromatic carbocycles. The number of hydrogen-bond acceptors (Lipinski definition) is 5.